The molecule has 0 amide bonds. The molecular formula is C23H30N2O3. The Morgan fingerprint density at radius 2 is 1.86 bits per heavy atom. The predicted octanol–water partition coefficient (Wildman–Crippen LogP) is 5.06. The number of nitrogens with zero attached hydrogens (tertiary/aromatic N) is 2. The van der Waals surface area contributed by atoms with Crippen LogP contribution in [-0.4, -0.2) is 37.4 Å². The summed E-state index contributed by atoms with van der Waals surface area (Å²) in [6.45, 7) is 9.66. The zero-order valence-electron chi connectivity index (χ0n) is 17.5. The molecule has 5 heteroatoms. The van der Waals surface area contributed by atoms with Gasteiger partial charge in [0.15, 0.2) is 0 Å². The average molecular weight is 383 g/mol. The first-order chi connectivity index (χ1) is 13.4. The molecule has 0 heterocycles. The highest BCUT2D eigenvalue weighted by Gasteiger charge is 2.17. The predicted molar refractivity (Wildman–Crippen MR) is 114 cm³/mol. The van der Waals surface area contributed by atoms with Crippen LogP contribution in [0.3, 0.4) is 0 Å². The minimum absolute atomic E-state index is 0.229. The summed E-state index contributed by atoms with van der Waals surface area (Å²) in [5.74, 6) is 0.114. The van der Waals surface area contributed by atoms with E-state index in [0.29, 0.717) is 17.9 Å². The molecule has 0 bridgehead atoms. The number of esters is 1. The summed E-state index contributed by atoms with van der Waals surface area (Å²) in [5.41, 5.74) is 4.23. The highest BCUT2D eigenvalue weighted by molar-refractivity contribution is 5.93. The molecule has 0 aliphatic heterocycles. The van der Waals surface area contributed by atoms with E-state index in [1.807, 2.05) is 63.1 Å². The van der Waals surface area contributed by atoms with Gasteiger partial charge in [0.05, 0.1) is 18.6 Å². The van der Waals surface area contributed by atoms with Gasteiger partial charge in [-0.25, -0.2) is 9.79 Å². The van der Waals surface area contributed by atoms with E-state index in [0.717, 1.165) is 29.8 Å². The maximum Gasteiger partial charge on any atom is 0.342 e. The SMILES string of the molecule is CCCOc1cc(/N=C/N(C)CC)c(C)cc1C(=O)OCc1ccc(C)cc1. The Balaban J connectivity index is 2.22. The lowest BCUT2D eigenvalue weighted by Gasteiger charge is -2.14. The largest absolute Gasteiger partial charge is 0.493 e. The van der Waals surface area contributed by atoms with Crippen molar-refractivity contribution in [2.45, 2.75) is 40.7 Å². The molecular weight excluding hydrogens is 352 g/mol. The van der Waals surface area contributed by atoms with Crippen LogP contribution in [-0.2, 0) is 11.3 Å². The maximum absolute atomic E-state index is 12.7. The van der Waals surface area contributed by atoms with Crippen LogP contribution in [0.5, 0.6) is 5.75 Å². The molecule has 0 saturated carbocycles. The Bertz CT molecular complexity index is 813. The molecule has 0 saturated heterocycles. The molecule has 2 rings (SSSR count). The minimum Gasteiger partial charge on any atom is -0.493 e. The first-order valence-corrected chi connectivity index (χ1v) is 9.69. The smallest absolute Gasteiger partial charge is 0.342 e. The molecule has 2 aromatic carbocycles. The summed E-state index contributed by atoms with van der Waals surface area (Å²) >= 11 is 0. The maximum atomic E-state index is 12.7. The number of benzene rings is 2. The number of hydrogen-bond donors (Lipinski definition) is 0. The van der Waals surface area contributed by atoms with Crippen molar-refractivity contribution in [3.05, 3.63) is 58.7 Å². The van der Waals surface area contributed by atoms with E-state index in [1.54, 1.807) is 12.4 Å². The zero-order valence-corrected chi connectivity index (χ0v) is 17.5. The Morgan fingerprint density at radius 1 is 1.14 bits per heavy atom. The van der Waals surface area contributed by atoms with Crippen LogP contribution in [0.2, 0.25) is 0 Å². The van der Waals surface area contributed by atoms with Gasteiger partial charge in [-0.2, -0.15) is 0 Å². The first kappa shape index (κ1) is 21.5. The van der Waals surface area contributed by atoms with E-state index >= 15 is 0 Å². The molecule has 0 atom stereocenters. The van der Waals surface area contributed by atoms with Gasteiger partial charge in [-0.05, 0) is 44.4 Å². The highest BCUT2D eigenvalue weighted by Crippen LogP contribution is 2.30. The third kappa shape index (κ3) is 6.12. The summed E-state index contributed by atoms with van der Waals surface area (Å²) in [6, 6.07) is 11.5. The van der Waals surface area contributed by atoms with Gasteiger partial charge in [-0.3, -0.25) is 0 Å². The van der Waals surface area contributed by atoms with Crippen LogP contribution in [0.15, 0.2) is 41.4 Å². The Labute approximate surface area is 168 Å². The van der Waals surface area contributed by atoms with Crippen LogP contribution >= 0.6 is 0 Å². The van der Waals surface area contributed by atoms with Crippen molar-refractivity contribution in [2.24, 2.45) is 4.99 Å². The fraction of sp³-hybridized carbons (Fsp3) is 0.391. The van der Waals surface area contributed by atoms with Crippen molar-refractivity contribution in [3.63, 3.8) is 0 Å². The van der Waals surface area contributed by atoms with Crippen molar-refractivity contribution in [2.75, 3.05) is 20.2 Å². The number of ether oxygens (including phenoxy) is 2. The lowest BCUT2D eigenvalue weighted by atomic mass is 10.1. The Hall–Kier alpha value is -2.82. The van der Waals surface area contributed by atoms with E-state index in [2.05, 4.69) is 11.9 Å². The molecule has 150 valence electrons. The van der Waals surface area contributed by atoms with Crippen LogP contribution < -0.4 is 4.74 Å². The zero-order chi connectivity index (χ0) is 20.5. The molecule has 2 aromatic rings. The molecule has 0 aliphatic carbocycles. The summed E-state index contributed by atoms with van der Waals surface area (Å²) < 4.78 is 11.3. The third-order valence-electron chi connectivity index (χ3n) is 4.36. The lowest BCUT2D eigenvalue weighted by molar-refractivity contribution is 0.0468. The van der Waals surface area contributed by atoms with Crippen molar-refractivity contribution in [1.82, 2.24) is 4.90 Å². The molecule has 0 fully saturated rings. The van der Waals surface area contributed by atoms with E-state index < -0.39 is 5.97 Å². The highest BCUT2D eigenvalue weighted by atomic mass is 16.5. The average Bonchev–Trinajstić information content (AvgIpc) is 2.70. The van der Waals surface area contributed by atoms with Gasteiger partial charge in [-0.1, -0.05) is 36.8 Å². The summed E-state index contributed by atoms with van der Waals surface area (Å²) in [6.07, 6.45) is 2.63. The van der Waals surface area contributed by atoms with Crippen molar-refractivity contribution < 1.29 is 14.3 Å². The second-order valence-electron chi connectivity index (χ2n) is 6.86. The number of aliphatic imine (C=N–C) groups is 1. The quantitative estimate of drug-likeness (QED) is 0.345. The van der Waals surface area contributed by atoms with Crippen LogP contribution in [0.25, 0.3) is 0 Å². The van der Waals surface area contributed by atoms with Crippen molar-refractivity contribution in [1.29, 1.82) is 0 Å². The minimum atomic E-state index is -0.393. The lowest BCUT2D eigenvalue weighted by Crippen LogP contribution is -2.14. The summed E-state index contributed by atoms with van der Waals surface area (Å²) in [7, 11) is 1.96. The number of carbonyl (C=O) groups excluding carboxylic acids is 1. The third-order valence-corrected chi connectivity index (χ3v) is 4.36. The Morgan fingerprint density at radius 3 is 2.50 bits per heavy atom. The monoisotopic (exact) mass is 382 g/mol. The van der Waals surface area contributed by atoms with Gasteiger partial charge in [0, 0.05) is 19.7 Å². The number of rotatable bonds is 9. The Kier molecular flexibility index (Phi) is 8.05. The van der Waals surface area contributed by atoms with E-state index in [9.17, 15) is 4.79 Å². The molecule has 0 spiro atoms. The first-order valence-electron chi connectivity index (χ1n) is 9.69. The van der Waals surface area contributed by atoms with E-state index in [-0.39, 0.29) is 6.61 Å². The number of aryl methyl sites for hydroxylation is 2. The number of hydrogen-bond acceptors (Lipinski definition) is 4. The molecule has 5 nitrogen and oxygen atoms in total. The summed E-state index contributed by atoms with van der Waals surface area (Å²) in [5, 5.41) is 0. The number of carbonyl (C=O) groups is 1. The van der Waals surface area contributed by atoms with Gasteiger partial charge in [0.2, 0.25) is 0 Å². The molecule has 0 aliphatic rings. The van der Waals surface area contributed by atoms with E-state index in [4.69, 9.17) is 9.47 Å². The molecule has 28 heavy (non-hydrogen) atoms. The van der Waals surface area contributed by atoms with Gasteiger partial charge >= 0.3 is 5.97 Å². The molecule has 0 radical (unpaired) electrons. The van der Waals surface area contributed by atoms with Gasteiger partial charge in [-0.15, -0.1) is 0 Å². The van der Waals surface area contributed by atoms with Gasteiger partial charge in [0.25, 0.3) is 0 Å². The van der Waals surface area contributed by atoms with Gasteiger partial charge < -0.3 is 14.4 Å². The van der Waals surface area contributed by atoms with Crippen LogP contribution in [0.1, 0.15) is 47.3 Å². The van der Waals surface area contributed by atoms with Crippen LogP contribution in [0, 0.1) is 13.8 Å². The van der Waals surface area contributed by atoms with E-state index in [1.165, 1.54) is 5.56 Å². The fourth-order valence-corrected chi connectivity index (χ4v) is 2.46. The molecule has 0 aromatic heterocycles. The molecule has 0 N–H and O–H groups in total. The standard InChI is InChI=1S/C23H30N2O3/c1-6-12-27-22-14-21(24-16-25(5)7-2)18(4)13-20(22)23(26)28-15-19-10-8-17(3)9-11-19/h8-11,13-14,16H,6-7,12,15H2,1-5H3/b24-16+. The van der Waals surface area contributed by atoms with Crippen molar-refractivity contribution in [3.8, 4) is 5.75 Å². The second kappa shape index (κ2) is 10.5. The van der Waals surface area contributed by atoms with Crippen LogP contribution in [0.4, 0.5) is 5.69 Å². The van der Waals surface area contributed by atoms with Crippen molar-refractivity contribution >= 4 is 18.0 Å². The fourth-order valence-electron chi connectivity index (χ4n) is 2.46. The normalized spacial score (nSPS) is 10.9. The second-order valence-corrected chi connectivity index (χ2v) is 6.86. The topological polar surface area (TPSA) is 51.1 Å². The molecule has 0 unspecified atom stereocenters. The van der Waals surface area contributed by atoms with Gasteiger partial charge in [0.1, 0.15) is 17.9 Å². The summed E-state index contributed by atoms with van der Waals surface area (Å²) in [4.78, 5) is 19.2.